The Labute approximate surface area is 328 Å². The lowest BCUT2D eigenvalue weighted by Gasteiger charge is -2.25. The molecule has 14 heteroatoms. The van der Waals surface area contributed by atoms with Crippen molar-refractivity contribution in [1.29, 1.82) is 0 Å². The van der Waals surface area contributed by atoms with Crippen LogP contribution < -0.4 is 32.7 Å². The van der Waals surface area contributed by atoms with Crippen LogP contribution in [0.25, 0.3) is 21.8 Å². The van der Waals surface area contributed by atoms with Gasteiger partial charge in [-0.3, -0.25) is 24.0 Å². The molecule has 294 valence electrons. The first-order valence-electron chi connectivity index (χ1n) is 18.6. The van der Waals surface area contributed by atoms with Crippen LogP contribution in [0.2, 0.25) is 0 Å². The van der Waals surface area contributed by atoms with Crippen LogP contribution in [0.3, 0.4) is 0 Å². The second kappa shape index (κ2) is 18.1. The minimum absolute atomic E-state index is 0.0528. The van der Waals surface area contributed by atoms with Crippen molar-refractivity contribution in [3.8, 4) is 5.75 Å². The zero-order valence-electron chi connectivity index (χ0n) is 31.3. The van der Waals surface area contributed by atoms with Crippen molar-refractivity contribution >= 4 is 51.3 Å². The number of nitrogens with one attached hydrogen (secondary N) is 6. The van der Waals surface area contributed by atoms with E-state index < -0.39 is 59.7 Å². The molecule has 0 radical (unpaired) electrons. The highest BCUT2D eigenvalue weighted by atomic mass is 16.3. The number of benzene rings is 4. The topological polar surface area (TPSA) is 237 Å². The van der Waals surface area contributed by atoms with Crippen molar-refractivity contribution in [2.24, 2.45) is 11.5 Å². The molecule has 0 spiro atoms. The van der Waals surface area contributed by atoms with Crippen molar-refractivity contribution in [1.82, 2.24) is 31.2 Å². The van der Waals surface area contributed by atoms with Crippen LogP contribution in [0.15, 0.2) is 116 Å². The van der Waals surface area contributed by atoms with Crippen LogP contribution >= 0.6 is 0 Å². The number of nitrogens with two attached hydrogens (primary N) is 2. The van der Waals surface area contributed by atoms with Gasteiger partial charge in [-0.15, -0.1) is 0 Å². The first kappa shape index (κ1) is 39.8. The lowest BCUT2D eigenvalue weighted by Crippen LogP contribution is -2.59. The van der Waals surface area contributed by atoms with E-state index in [2.05, 4.69) is 31.2 Å². The molecule has 14 nitrogen and oxygen atoms in total. The summed E-state index contributed by atoms with van der Waals surface area (Å²) in [5.41, 5.74) is 16.7. The number of carbonyl (C=O) groups excluding carboxylic acids is 5. The Bertz CT molecular complexity index is 2360. The molecule has 11 N–H and O–H groups in total. The molecular weight excluding hydrogens is 725 g/mol. The molecule has 5 atom stereocenters. The number of rotatable bonds is 17. The zero-order chi connectivity index (χ0) is 40.5. The third-order valence-corrected chi connectivity index (χ3v) is 9.89. The highest BCUT2D eigenvalue weighted by Gasteiger charge is 2.31. The predicted molar refractivity (Wildman–Crippen MR) is 217 cm³/mol. The largest absolute Gasteiger partial charge is 0.508 e. The molecule has 0 saturated heterocycles. The maximum Gasteiger partial charge on any atom is 0.243 e. The quantitative estimate of drug-likeness (QED) is 0.0671. The highest BCUT2D eigenvalue weighted by molar-refractivity contribution is 5.96. The molecule has 5 amide bonds. The van der Waals surface area contributed by atoms with Gasteiger partial charge in [0.2, 0.25) is 29.5 Å². The second-order valence-corrected chi connectivity index (χ2v) is 14.1. The summed E-state index contributed by atoms with van der Waals surface area (Å²) in [5.74, 6) is -3.22. The summed E-state index contributed by atoms with van der Waals surface area (Å²) < 4.78 is 0. The molecule has 0 saturated carbocycles. The number of phenolic OH excluding ortho intramolecular Hbond substituents is 1. The van der Waals surface area contributed by atoms with Crippen molar-refractivity contribution in [2.45, 2.75) is 62.8 Å². The van der Waals surface area contributed by atoms with Crippen LogP contribution in [-0.4, -0.2) is 74.8 Å². The lowest BCUT2D eigenvalue weighted by atomic mass is 10.0. The molecule has 4 aromatic carbocycles. The number of hydrogen-bond acceptors (Lipinski definition) is 7. The second-order valence-electron chi connectivity index (χ2n) is 14.1. The minimum atomic E-state index is -1.17. The number of fused-ring (bicyclic) bond motifs is 2. The molecule has 0 unspecified atom stereocenters. The third kappa shape index (κ3) is 10.2. The smallest absolute Gasteiger partial charge is 0.243 e. The van der Waals surface area contributed by atoms with E-state index in [0.29, 0.717) is 5.56 Å². The summed E-state index contributed by atoms with van der Waals surface area (Å²) in [5, 5.41) is 22.3. The Morgan fingerprint density at radius 3 is 1.60 bits per heavy atom. The van der Waals surface area contributed by atoms with E-state index in [1.54, 1.807) is 24.5 Å². The number of aromatic amines is 2. The number of amides is 5. The van der Waals surface area contributed by atoms with Gasteiger partial charge >= 0.3 is 0 Å². The van der Waals surface area contributed by atoms with Gasteiger partial charge in [-0.25, -0.2) is 0 Å². The molecule has 6 aromatic rings. The van der Waals surface area contributed by atoms with E-state index in [4.69, 9.17) is 11.5 Å². The third-order valence-electron chi connectivity index (χ3n) is 9.89. The Hall–Kier alpha value is -6.93. The standard InChI is InChI=1S/C43H46N8O6/c1-25(48-42(56)37(21-28-23-46-34-13-7-5-11-31(28)34)51-41(55)33(44)19-27-15-17-30(52)18-16-27)40(54)50-38(22-29-24-47-35-14-8-6-12-32(29)35)43(57)49-36(39(45)53)20-26-9-3-2-4-10-26/h2-18,23-25,33,36-38,46-47,52H,19-22,44H2,1H3,(H2,45,53)(H,48,56)(H,49,57)(H,50,54)(H,51,55)/t25-,33+,36-,37-,38-/m0/s1. The van der Waals surface area contributed by atoms with E-state index in [-0.39, 0.29) is 31.4 Å². The molecule has 57 heavy (non-hydrogen) atoms. The van der Waals surface area contributed by atoms with Crippen molar-refractivity contribution < 1.29 is 29.1 Å². The van der Waals surface area contributed by atoms with E-state index in [1.165, 1.54) is 19.1 Å². The predicted octanol–water partition coefficient (Wildman–Crippen LogP) is 2.40. The maximum absolute atomic E-state index is 14.0. The van der Waals surface area contributed by atoms with Crippen molar-refractivity contribution in [3.05, 3.63) is 138 Å². The van der Waals surface area contributed by atoms with Crippen molar-refractivity contribution in [3.63, 3.8) is 0 Å². The molecule has 0 fully saturated rings. The van der Waals surface area contributed by atoms with E-state index >= 15 is 0 Å². The number of carbonyl (C=O) groups is 5. The summed E-state index contributed by atoms with van der Waals surface area (Å²) in [6.07, 6.45) is 3.93. The van der Waals surface area contributed by atoms with Gasteiger partial charge in [0.25, 0.3) is 0 Å². The lowest BCUT2D eigenvalue weighted by molar-refractivity contribution is -0.134. The molecule has 0 bridgehead atoms. The fourth-order valence-corrected chi connectivity index (χ4v) is 6.74. The number of para-hydroxylation sites is 2. The van der Waals surface area contributed by atoms with Gasteiger partial charge in [-0.05, 0) is 59.9 Å². The van der Waals surface area contributed by atoms with E-state index in [1.807, 2.05) is 78.9 Å². The van der Waals surface area contributed by atoms with Crippen LogP contribution in [0, 0.1) is 0 Å². The van der Waals surface area contributed by atoms with E-state index in [0.717, 1.165) is 38.5 Å². The van der Waals surface area contributed by atoms with Gasteiger partial charge in [0.05, 0.1) is 6.04 Å². The number of aromatic hydroxyl groups is 1. The minimum Gasteiger partial charge on any atom is -0.508 e. The van der Waals surface area contributed by atoms with Crippen LogP contribution in [0.4, 0.5) is 0 Å². The highest BCUT2D eigenvalue weighted by Crippen LogP contribution is 2.21. The average Bonchev–Trinajstić information content (AvgIpc) is 3.82. The van der Waals surface area contributed by atoms with Crippen LogP contribution in [-0.2, 0) is 49.7 Å². The van der Waals surface area contributed by atoms with Gasteiger partial charge in [0.15, 0.2) is 0 Å². The summed E-state index contributed by atoms with van der Waals surface area (Å²) in [6.45, 7) is 1.47. The normalized spacial score (nSPS) is 13.9. The maximum atomic E-state index is 14.0. The Morgan fingerprint density at radius 1 is 0.561 bits per heavy atom. The Kier molecular flexibility index (Phi) is 12.6. The van der Waals surface area contributed by atoms with E-state index in [9.17, 15) is 29.1 Å². The number of hydrogen-bond donors (Lipinski definition) is 9. The fourth-order valence-electron chi connectivity index (χ4n) is 6.74. The molecule has 0 aliphatic carbocycles. The molecule has 2 heterocycles. The van der Waals surface area contributed by atoms with Crippen LogP contribution in [0.1, 0.15) is 29.2 Å². The van der Waals surface area contributed by atoms with Gasteiger partial charge in [0.1, 0.15) is 29.9 Å². The Balaban J connectivity index is 1.19. The number of H-pyrrole nitrogens is 2. The summed E-state index contributed by atoms with van der Waals surface area (Å²) in [6, 6.07) is 24.9. The number of phenols is 1. The number of primary amides is 1. The molecule has 6 rings (SSSR count). The Morgan fingerprint density at radius 2 is 1.04 bits per heavy atom. The summed E-state index contributed by atoms with van der Waals surface area (Å²) in [7, 11) is 0. The summed E-state index contributed by atoms with van der Waals surface area (Å²) in [4.78, 5) is 74.0. The first-order chi connectivity index (χ1) is 27.4. The summed E-state index contributed by atoms with van der Waals surface area (Å²) >= 11 is 0. The van der Waals surface area contributed by atoms with Gasteiger partial charge in [-0.2, -0.15) is 0 Å². The SMILES string of the molecule is C[C@H](NC(=O)[C@H](Cc1c[nH]c2ccccc12)NC(=O)[C@H](N)Cc1ccc(O)cc1)C(=O)N[C@@H](Cc1c[nH]c2ccccc12)C(=O)N[C@@H](Cc1ccccc1)C(N)=O. The zero-order valence-corrected chi connectivity index (χ0v) is 31.3. The first-order valence-corrected chi connectivity index (χ1v) is 18.6. The van der Waals surface area contributed by atoms with Crippen LogP contribution in [0.5, 0.6) is 5.75 Å². The fraction of sp³-hybridized carbons (Fsp3) is 0.233. The van der Waals surface area contributed by atoms with Gasteiger partial charge in [-0.1, -0.05) is 78.9 Å². The molecule has 2 aromatic heterocycles. The average molecular weight is 771 g/mol. The van der Waals surface area contributed by atoms with Gasteiger partial charge in [0, 0.05) is 53.5 Å². The molecule has 0 aliphatic rings. The van der Waals surface area contributed by atoms with Gasteiger partial charge < -0.3 is 47.8 Å². The van der Waals surface area contributed by atoms with Crippen molar-refractivity contribution in [2.75, 3.05) is 0 Å². The molecule has 0 aliphatic heterocycles. The molecular formula is C43H46N8O6. The number of aromatic nitrogens is 2. The monoisotopic (exact) mass is 770 g/mol.